The molecule has 0 aliphatic heterocycles. The zero-order valence-corrected chi connectivity index (χ0v) is 12.4. The third-order valence-electron chi connectivity index (χ3n) is 3.02. The minimum absolute atomic E-state index is 0.0317. The molecular formula is C15H13Cl3O. The largest absolute Gasteiger partial charge is 0.396 e. The van der Waals surface area contributed by atoms with Gasteiger partial charge >= 0.3 is 0 Å². The maximum atomic E-state index is 9.57. The third-order valence-corrected chi connectivity index (χ3v) is 3.83. The Morgan fingerprint density at radius 1 is 0.895 bits per heavy atom. The van der Waals surface area contributed by atoms with Gasteiger partial charge in [0.25, 0.3) is 0 Å². The first-order valence-corrected chi connectivity index (χ1v) is 7.04. The second-order valence-electron chi connectivity index (χ2n) is 4.38. The number of benzene rings is 2. The van der Waals surface area contributed by atoms with Crippen molar-refractivity contribution in [3.05, 3.63) is 68.7 Å². The SMILES string of the molecule is OC[C@@H](Cc1ccc(Cl)cc1)c1ccc(Cl)cc1Cl. The van der Waals surface area contributed by atoms with Crippen molar-refractivity contribution >= 4 is 34.8 Å². The van der Waals surface area contributed by atoms with E-state index in [4.69, 9.17) is 34.8 Å². The minimum atomic E-state index is -0.0501. The molecule has 2 rings (SSSR count). The molecule has 0 spiro atoms. The van der Waals surface area contributed by atoms with Gasteiger partial charge in [-0.3, -0.25) is 0 Å². The highest BCUT2D eigenvalue weighted by Gasteiger charge is 2.15. The van der Waals surface area contributed by atoms with Crippen LogP contribution < -0.4 is 0 Å². The van der Waals surface area contributed by atoms with Crippen molar-refractivity contribution in [1.82, 2.24) is 0 Å². The van der Waals surface area contributed by atoms with Crippen molar-refractivity contribution in [2.24, 2.45) is 0 Å². The molecule has 0 amide bonds. The van der Waals surface area contributed by atoms with Crippen LogP contribution in [0.3, 0.4) is 0 Å². The number of hydrogen-bond acceptors (Lipinski definition) is 1. The monoisotopic (exact) mass is 314 g/mol. The fraction of sp³-hybridized carbons (Fsp3) is 0.200. The average Bonchev–Trinajstić information content (AvgIpc) is 2.39. The van der Waals surface area contributed by atoms with E-state index in [0.717, 1.165) is 11.1 Å². The summed E-state index contributed by atoms with van der Waals surface area (Å²) >= 11 is 17.9. The molecule has 1 N–H and O–H groups in total. The van der Waals surface area contributed by atoms with E-state index in [2.05, 4.69) is 0 Å². The molecule has 0 bridgehead atoms. The summed E-state index contributed by atoms with van der Waals surface area (Å²) in [6.07, 6.45) is 0.703. The zero-order chi connectivity index (χ0) is 13.8. The number of aliphatic hydroxyl groups is 1. The van der Waals surface area contributed by atoms with E-state index in [9.17, 15) is 5.11 Å². The quantitative estimate of drug-likeness (QED) is 0.845. The van der Waals surface area contributed by atoms with Crippen LogP contribution in [0.25, 0.3) is 0 Å². The molecule has 1 nitrogen and oxygen atoms in total. The number of halogens is 3. The molecule has 19 heavy (non-hydrogen) atoms. The molecule has 100 valence electrons. The molecule has 0 fully saturated rings. The van der Waals surface area contributed by atoms with Crippen LogP contribution in [0.5, 0.6) is 0 Å². The summed E-state index contributed by atoms with van der Waals surface area (Å²) in [5.41, 5.74) is 2.01. The summed E-state index contributed by atoms with van der Waals surface area (Å²) in [5.74, 6) is -0.0501. The van der Waals surface area contributed by atoms with Crippen molar-refractivity contribution in [3.63, 3.8) is 0 Å². The van der Waals surface area contributed by atoms with Gasteiger partial charge in [0, 0.05) is 21.0 Å². The Labute approximate surface area is 127 Å². The van der Waals surface area contributed by atoms with Gasteiger partial charge in [0.15, 0.2) is 0 Å². The second-order valence-corrected chi connectivity index (χ2v) is 5.66. The van der Waals surface area contributed by atoms with E-state index in [-0.39, 0.29) is 12.5 Å². The number of aliphatic hydroxyl groups excluding tert-OH is 1. The zero-order valence-electron chi connectivity index (χ0n) is 10.1. The van der Waals surface area contributed by atoms with Gasteiger partial charge in [-0.25, -0.2) is 0 Å². The van der Waals surface area contributed by atoms with Crippen LogP contribution in [-0.4, -0.2) is 11.7 Å². The van der Waals surface area contributed by atoms with Crippen molar-refractivity contribution in [2.75, 3.05) is 6.61 Å². The molecular weight excluding hydrogens is 303 g/mol. The molecule has 4 heteroatoms. The van der Waals surface area contributed by atoms with Gasteiger partial charge in [-0.15, -0.1) is 0 Å². The van der Waals surface area contributed by atoms with Gasteiger partial charge in [-0.1, -0.05) is 53.0 Å². The van der Waals surface area contributed by atoms with Crippen molar-refractivity contribution in [1.29, 1.82) is 0 Å². The lowest BCUT2D eigenvalue weighted by atomic mass is 9.92. The number of hydrogen-bond donors (Lipinski definition) is 1. The standard InChI is InChI=1S/C15H13Cl3O/c16-12-3-1-10(2-4-12)7-11(9-19)14-6-5-13(17)8-15(14)18/h1-6,8,11,19H,7,9H2/t11-/m1/s1. The Hall–Kier alpha value is -0.730. The fourth-order valence-corrected chi connectivity index (χ4v) is 2.70. The first kappa shape index (κ1) is 14.7. The van der Waals surface area contributed by atoms with Crippen LogP contribution in [0.1, 0.15) is 17.0 Å². The first-order chi connectivity index (χ1) is 9.10. The summed E-state index contributed by atoms with van der Waals surface area (Å²) in [5, 5.41) is 11.5. The van der Waals surface area contributed by atoms with E-state index in [1.54, 1.807) is 12.1 Å². The Morgan fingerprint density at radius 3 is 2.11 bits per heavy atom. The van der Waals surface area contributed by atoms with Crippen molar-refractivity contribution < 1.29 is 5.11 Å². The molecule has 0 aromatic heterocycles. The topological polar surface area (TPSA) is 20.2 Å². The molecule has 0 radical (unpaired) electrons. The van der Waals surface area contributed by atoms with Crippen LogP contribution >= 0.6 is 34.8 Å². The molecule has 0 heterocycles. The Balaban J connectivity index is 2.22. The van der Waals surface area contributed by atoms with Gasteiger partial charge in [0.1, 0.15) is 0 Å². The highest BCUT2D eigenvalue weighted by molar-refractivity contribution is 6.35. The highest BCUT2D eigenvalue weighted by atomic mass is 35.5. The first-order valence-electron chi connectivity index (χ1n) is 5.90. The lowest BCUT2D eigenvalue weighted by molar-refractivity contribution is 0.264. The summed E-state index contributed by atoms with van der Waals surface area (Å²) in [7, 11) is 0. The van der Waals surface area contributed by atoms with E-state index in [1.807, 2.05) is 30.3 Å². The van der Waals surface area contributed by atoms with E-state index in [0.29, 0.717) is 21.5 Å². The van der Waals surface area contributed by atoms with Crippen molar-refractivity contribution in [2.45, 2.75) is 12.3 Å². The Kier molecular flexibility index (Phi) is 5.12. The minimum Gasteiger partial charge on any atom is -0.396 e. The molecule has 2 aromatic carbocycles. The Bertz CT molecular complexity index is 552. The van der Waals surface area contributed by atoms with Crippen LogP contribution in [0.4, 0.5) is 0 Å². The molecule has 0 unspecified atom stereocenters. The van der Waals surface area contributed by atoms with Gasteiger partial charge in [-0.05, 0) is 41.8 Å². The highest BCUT2D eigenvalue weighted by Crippen LogP contribution is 2.30. The molecule has 1 atom stereocenters. The second kappa shape index (κ2) is 6.62. The van der Waals surface area contributed by atoms with E-state index in [1.165, 1.54) is 0 Å². The van der Waals surface area contributed by atoms with Gasteiger partial charge in [0.2, 0.25) is 0 Å². The predicted molar refractivity (Wildman–Crippen MR) is 81.4 cm³/mol. The van der Waals surface area contributed by atoms with Crippen LogP contribution in [0.2, 0.25) is 15.1 Å². The molecule has 0 aliphatic carbocycles. The lowest BCUT2D eigenvalue weighted by Crippen LogP contribution is -2.08. The van der Waals surface area contributed by atoms with Crippen LogP contribution in [0, 0.1) is 0 Å². The summed E-state index contributed by atoms with van der Waals surface area (Å²) in [6.45, 7) is 0.0317. The van der Waals surface area contributed by atoms with Gasteiger partial charge in [0.05, 0.1) is 6.61 Å². The maximum Gasteiger partial charge on any atom is 0.0503 e. The number of rotatable bonds is 4. The Morgan fingerprint density at radius 2 is 1.53 bits per heavy atom. The van der Waals surface area contributed by atoms with E-state index >= 15 is 0 Å². The van der Waals surface area contributed by atoms with Crippen molar-refractivity contribution in [3.8, 4) is 0 Å². The van der Waals surface area contributed by atoms with Crippen LogP contribution in [0.15, 0.2) is 42.5 Å². The lowest BCUT2D eigenvalue weighted by Gasteiger charge is -2.16. The summed E-state index contributed by atoms with van der Waals surface area (Å²) in [4.78, 5) is 0. The summed E-state index contributed by atoms with van der Waals surface area (Å²) in [6, 6.07) is 12.9. The predicted octanol–water partition coefficient (Wildman–Crippen LogP) is 4.97. The molecule has 0 saturated carbocycles. The fourth-order valence-electron chi connectivity index (χ4n) is 2.01. The van der Waals surface area contributed by atoms with Crippen LogP contribution in [-0.2, 0) is 6.42 Å². The average molecular weight is 316 g/mol. The third kappa shape index (κ3) is 3.87. The van der Waals surface area contributed by atoms with Gasteiger partial charge in [-0.2, -0.15) is 0 Å². The smallest absolute Gasteiger partial charge is 0.0503 e. The molecule has 2 aromatic rings. The van der Waals surface area contributed by atoms with Gasteiger partial charge < -0.3 is 5.11 Å². The molecule has 0 saturated heterocycles. The maximum absolute atomic E-state index is 9.57. The summed E-state index contributed by atoms with van der Waals surface area (Å²) < 4.78 is 0. The van der Waals surface area contributed by atoms with E-state index < -0.39 is 0 Å². The normalized spacial score (nSPS) is 12.4. The molecule has 0 aliphatic rings.